The summed E-state index contributed by atoms with van der Waals surface area (Å²) >= 11 is 0. The molecule has 2 aromatic heterocycles. The molecule has 0 bridgehead atoms. The van der Waals surface area contributed by atoms with Crippen molar-refractivity contribution in [3.8, 4) is 0 Å². The van der Waals surface area contributed by atoms with Gasteiger partial charge in [-0.2, -0.15) is 0 Å². The largest absolute Gasteiger partial charge is 0.368 e. The minimum absolute atomic E-state index is 0.113. The second kappa shape index (κ2) is 8.36. The molecule has 1 atom stereocenters. The van der Waals surface area contributed by atoms with Gasteiger partial charge in [-0.3, -0.25) is 30.2 Å². The first-order valence-electron chi connectivity index (χ1n) is 8.59. The fraction of sp³-hybridized carbons (Fsp3) is 0.150. The van der Waals surface area contributed by atoms with Gasteiger partial charge in [0, 0.05) is 49.9 Å². The van der Waals surface area contributed by atoms with Crippen molar-refractivity contribution in [3.63, 3.8) is 0 Å². The van der Waals surface area contributed by atoms with Gasteiger partial charge in [0.25, 0.3) is 5.69 Å². The minimum atomic E-state index is -1.36. The Kier molecular flexibility index (Phi) is 5.71. The molecule has 3 rings (SSSR count). The maximum absolute atomic E-state index is 12.7. The lowest BCUT2D eigenvalue weighted by atomic mass is 9.82. The Bertz CT molecular complexity index is 966. The SMILES string of the molecule is NC(=O)C(Cc1cccnc1)(NCc1cccnc1)c1cccc([N+](=O)[O-])c1. The molecule has 0 fully saturated rings. The number of nitrogens with two attached hydrogens (primary N) is 1. The quantitative estimate of drug-likeness (QED) is 0.458. The average molecular weight is 377 g/mol. The summed E-state index contributed by atoms with van der Waals surface area (Å²) in [4.78, 5) is 31.6. The number of primary amides is 1. The molecule has 1 unspecified atom stereocenters. The lowest BCUT2D eigenvalue weighted by Gasteiger charge is -2.32. The Morgan fingerprint density at radius 1 is 1.07 bits per heavy atom. The number of aromatic nitrogens is 2. The van der Waals surface area contributed by atoms with E-state index in [9.17, 15) is 14.9 Å². The molecule has 0 radical (unpaired) electrons. The Balaban J connectivity index is 2.05. The molecule has 28 heavy (non-hydrogen) atoms. The van der Waals surface area contributed by atoms with Crippen LogP contribution < -0.4 is 11.1 Å². The second-order valence-corrected chi connectivity index (χ2v) is 6.33. The van der Waals surface area contributed by atoms with Crippen LogP contribution in [0.25, 0.3) is 0 Å². The van der Waals surface area contributed by atoms with E-state index in [1.54, 1.807) is 49.1 Å². The molecule has 0 aliphatic carbocycles. The monoisotopic (exact) mass is 377 g/mol. The highest BCUT2D eigenvalue weighted by molar-refractivity contribution is 5.87. The van der Waals surface area contributed by atoms with Crippen molar-refractivity contribution in [2.24, 2.45) is 5.73 Å². The van der Waals surface area contributed by atoms with Crippen molar-refractivity contribution in [2.45, 2.75) is 18.5 Å². The first-order chi connectivity index (χ1) is 13.5. The number of hydrogen-bond donors (Lipinski definition) is 2. The van der Waals surface area contributed by atoms with E-state index in [1.165, 1.54) is 12.1 Å². The van der Waals surface area contributed by atoms with E-state index in [2.05, 4.69) is 15.3 Å². The third kappa shape index (κ3) is 4.18. The summed E-state index contributed by atoms with van der Waals surface area (Å²) in [5.41, 5.74) is 6.40. The molecule has 0 aliphatic rings. The van der Waals surface area contributed by atoms with Crippen LogP contribution in [-0.2, 0) is 23.3 Å². The van der Waals surface area contributed by atoms with Crippen LogP contribution in [0.3, 0.4) is 0 Å². The summed E-state index contributed by atoms with van der Waals surface area (Å²) in [6.45, 7) is 0.305. The molecule has 0 saturated heterocycles. The first kappa shape index (κ1) is 19.1. The smallest absolute Gasteiger partial charge is 0.269 e. The van der Waals surface area contributed by atoms with Gasteiger partial charge in [0.05, 0.1) is 4.92 Å². The molecule has 2 heterocycles. The standard InChI is InChI=1S/C20H19N5O3/c21-19(26)20(11-15-4-2-8-22-12-15,24-14-16-5-3-9-23-13-16)17-6-1-7-18(10-17)25(27)28/h1-10,12-13,24H,11,14H2,(H2,21,26). The third-order valence-corrected chi connectivity index (χ3v) is 4.48. The van der Waals surface area contributed by atoms with Crippen LogP contribution in [0.4, 0.5) is 5.69 Å². The highest BCUT2D eigenvalue weighted by atomic mass is 16.6. The Morgan fingerprint density at radius 3 is 2.32 bits per heavy atom. The van der Waals surface area contributed by atoms with Crippen LogP contribution in [0.5, 0.6) is 0 Å². The Labute approximate surface area is 161 Å². The molecule has 1 aromatic carbocycles. The Hall–Kier alpha value is -3.65. The van der Waals surface area contributed by atoms with Crippen LogP contribution in [0.1, 0.15) is 16.7 Å². The van der Waals surface area contributed by atoms with E-state index in [4.69, 9.17) is 5.73 Å². The molecule has 0 aliphatic heterocycles. The number of non-ortho nitro benzene ring substituents is 1. The van der Waals surface area contributed by atoms with Gasteiger partial charge in [-0.15, -0.1) is 0 Å². The summed E-state index contributed by atoms with van der Waals surface area (Å²) in [6.07, 6.45) is 6.79. The van der Waals surface area contributed by atoms with E-state index >= 15 is 0 Å². The molecule has 0 saturated carbocycles. The lowest BCUT2D eigenvalue weighted by molar-refractivity contribution is -0.385. The van der Waals surface area contributed by atoms with Crippen LogP contribution in [0, 0.1) is 10.1 Å². The molecule has 1 amide bonds. The van der Waals surface area contributed by atoms with E-state index in [-0.39, 0.29) is 12.1 Å². The van der Waals surface area contributed by atoms with Gasteiger partial charge in [0.15, 0.2) is 0 Å². The Morgan fingerprint density at radius 2 is 1.75 bits per heavy atom. The van der Waals surface area contributed by atoms with E-state index in [0.717, 1.165) is 11.1 Å². The van der Waals surface area contributed by atoms with Crippen molar-refractivity contribution in [1.82, 2.24) is 15.3 Å². The fourth-order valence-corrected chi connectivity index (χ4v) is 3.03. The zero-order valence-corrected chi connectivity index (χ0v) is 15.0. The van der Waals surface area contributed by atoms with Crippen molar-refractivity contribution in [3.05, 3.63) is 100 Å². The number of benzene rings is 1. The predicted octanol–water partition coefficient (Wildman–Crippen LogP) is 2.10. The number of nitrogens with one attached hydrogen (secondary N) is 1. The van der Waals surface area contributed by atoms with E-state index in [1.807, 2.05) is 12.1 Å². The van der Waals surface area contributed by atoms with Crippen LogP contribution in [0.15, 0.2) is 73.3 Å². The number of pyridine rings is 2. The summed E-state index contributed by atoms with van der Waals surface area (Å²) in [7, 11) is 0. The van der Waals surface area contributed by atoms with Gasteiger partial charge in [-0.1, -0.05) is 24.3 Å². The topological polar surface area (TPSA) is 124 Å². The molecular formula is C20H19N5O3. The van der Waals surface area contributed by atoms with E-state index in [0.29, 0.717) is 12.1 Å². The minimum Gasteiger partial charge on any atom is -0.368 e. The average Bonchev–Trinajstić information content (AvgIpc) is 2.72. The number of nitrogens with zero attached hydrogens (tertiary/aromatic N) is 3. The number of carbonyl (C=O) groups is 1. The third-order valence-electron chi connectivity index (χ3n) is 4.48. The fourth-order valence-electron chi connectivity index (χ4n) is 3.03. The number of nitro benzene ring substituents is 1. The van der Waals surface area contributed by atoms with Crippen molar-refractivity contribution >= 4 is 11.6 Å². The van der Waals surface area contributed by atoms with Crippen molar-refractivity contribution in [1.29, 1.82) is 0 Å². The van der Waals surface area contributed by atoms with Crippen molar-refractivity contribution in [2.75, 3.05) is 0 Å². The van der Waals surface area contributed by atoms with Gasteiger partial charge >= 0.3 is 0 Å². The number of amides is 1. The molecule has 0 spiro atoms. The summed E-state index contributed by atoms with van der Waals surface area (Å²) in [6, 6.07) is 13.2. The number of rotatable bonds is 8. The molecule has 8 heteroatoms. The molecule has 142 valence electrons. The zero-order valence-electron chi connectivity index (χ0n) is 15.0. The van der Waals surface area contributed by atoms with Gasteiger partial charge in [0.2, 0.25) is 5.91 Å². The molecule has 3 aromatic rings. The van der Waals surface area contributed by atoms with Crippen molar-refractivity contribution < 1.29 is 9.72 Å². The molecular weight excluding hydrogens is 358 g/mol. The maximum atomic E-state index is 12.7. The highest BCUT2D eigenvalue weighted by Gasteiger charge is 2.39. The first-order valence-corrected chi connectivity index (χ1v) is 8.59. The van der Waals surface area contributed by atoms with Gasteiger partial charge in [-0.25, -0.2) is 0 Å². The zero-order chi connectivity index (χ0) is 20.0. The van der Waals surface area contributed by atoms with Gasteiger partial charge in [-0.05, 0) is 28.8 Å². The normalized spacial score (nSPS) is 12.9. The van der Waals surface area contributed by atoms with Gasteiger partial charge in [0.1, 0.15) is 5.54 Å². The summed E-state index contributed by atoms with van der Waals surface area (Å²) < 4.78 is 0. The van der Waals surface area contributed by atoms with Crippen LogP contribution in [-0.4, -0.2) is 20.8 Å². The summed E-state index contributed by atoms with van der Waals surface area (Å²) in [5, 5.41) is 14.5. The van der Waals surface area contributed by atoms with E-state index < -0.39 is 16.4 Å². The highest BCUT2D eigenvalue weighted by Crippen LogP contribution is 2.29. The number of hydrogen-bond acceptors (Lipinski definition) is 6. The van der Waals surface area contributed by atoms with Crippen LogP contribution in [0.2, 0.25) is 0 Å². The lowest BCUT2D eigenvalue weighted by Crippen LogP contribution is -2.54. The second-order valence-electron chi connectivity index (χ2n) is 6.33. The number of nitro groups is 1. The van der Waals surface area contributed by atoms with Crippen LogP contribution >= 0.6 is 0 Å². The van der Waals surface area contributed by atoms with Gasteiger partial charge < -0.3 is 5.73 Å². The molecule has 3 N–H and O–H groups in total. The molecule has 8 nitrogen and oxygen atoms in total. The summed E-state index contributed by atoms with van der Waals surface area (Å²) in [5.74, 6) is -0.638. The predicted molar refractivity (Wildman–Crippen MR) is 103 cm³/mol. The maximum Gasteiger partial charge on any atom is 0.269 e. The number of carbonyl (C=O) groups excluding carboxylic acids is 1.